The minimum atomic E-state index is -3.82. The maximum atomic E-state index is 13.0. The lowest BCUT2D eigenvalue weighted by molar-refractivity contribution is -0.149. The number of hydrogen-bond donors (Lipinski definition) is 0. The SMILES string of the molecule is C[C@H]1COC(=O)[C@@H](S(=O)(=O)c2ccccc2)[C@@H]1c1ccccc1. The van der Waals surface area contributed by atoms with Crippen LogP contribution in [0.4, 0.5) is 0 Å². The summed E-state index contributed by atoms with van der Waals surface area (Å²) in [7, 11) is -3.82. The number of benzene rings is 2. The van der Waals surface area contributed by atoms with Gasteiger partial charge in [-0.2, -0.15) is 0 Å². The third-order valence-electron chi connectivity index (χ3n) is 4.25. The second-order valence-electron chi connectivity index (χ2n) is 5.82. The third kappa shape index (κ3) is 2.88. The molecule has 0 radical (unpaired) electrons. The second kappa shape index (κ2) is 6.16. The molecular formula is C18H18O4S. The molecular weight excluding hydrogens is 312 g/mol. The van der Waals surface area contributed by atoms with E-state index in [0.29, 0.717) is 0 Å². The average molecular weight is 330 g/mol. The molecule has 4 nitrogen and oxygen atoms in total. The van der Waals surface area contributed by atoms with Gasteiger partial charge in [0.1, 0.15) is 0 Å². The molecule has 1 aliphatic heterocycles. The van der Waals surface area contributed by atoms with E-state index in [1.165, 1.54) is 12.1 Å². The molecule has 3 atom stereocenters. The van der Waals surface area contributed by atoms with Crippen molar-refractivity contribution in [1.29, 1.82) is 0 Å². The van der Waals surface area contributed by atoms with E-state index >= 15 is 0 Å². The summed E-state index contributed by atoms with van der Waals surface area (Å²) in [6, 6.07) is 17.4. The summed E-state index contributed by atoms with van der Waals surface area (Å²) >= 11 is 0. The van der Waals surface area contributed by atoms with Crippen LogP contribution in [-0.2, 0) is 19.4 Å². The van der Waals surface area contributed by atoms with Crippen molar-refractivity contribution in [3.63, 3.8) is 0 Å². The summed E-state index contributed by atoms with van der Waals surface area (Å²) in [5, 5.41) is -1.21. The lowest BCUT2D eigenvalue weighted by Gasteiger charge is -2.35. The van der Waals surface area contributed by atoms with Crippen LogP contribution in [0.15, 0.2) is 65.6 Å². The maximum absolute atomic E-state index is 13.0. The molecule has 0 saturated carbocycles. The molecule has 0 N–H and O–H groups in total. The normalized spacial score (nSPS) is 24.9. The number of cyclic esters (lactones) is 1. The first-order valence-electron chi connectivity index (χ1n) is 7.52. The summed E-state index contributed by atoms with van der Waals surface area (Å²) in [6.07, 6.45) is 0. The Kier molecular flexibility index (Phi) is 4.22. The van der Waals surface area contributed by atoms with Crippen LogP contribution in [0.25, 0.3) is 0 Å². The van der Waals surface area contributed by atoms with Gasteiger partial charge in [0.2, 0.25) is 0 Å². The lowest BCUT2D eigenvalue weighted by atomic mass is 9.83. The number of carbonyl (C=O) groups is 1. The van der Waals surface area contributed by atoms with Gasteiger partial charge in [-0.15, -0.1) is 0 Å². The van der Waals surface area contributed by atoms with Crippen LogP contribution in [0, 0.1) is 5.92 Å². The highest BCUT2D eigenvalue weighted by atomic mass is 32.2. The van der Waals surface area contributed by atoms with Gasteiger partial charge in [-0.1, -0.05) is 55.5 Å². The topological polar surface area (TPSA) is 60.4 Å². The molecule has 2 aromatic rings. The Hall–Kier alpha value is -2.14. The molecule has 0 spiro atoms. The molecule has 2 aromatic carbocycles. The molecule has 5 heteroatoms. The van der Waals surface area contributed by atoms with Crippen molar-refractivity contribution in [2.45, 2.75) is 23.0 Å². The molecule has 0 aromatic heterocycles. The Morgan fingerprint density at radius 1 is 0.957 bits per heavy atom. The van der Waals surface area contributed by atoms with Crippen LogP contribution in [0.5, 0.6) is 0 Å². The number of ether oxygens (including phenoxy) is 1. The van der Waals surface area contributed by atoms with E-state index in [9.17, 15) is 13.2 Å². The van der Waals surface area contributed by atoms with Crippen LogP contribution in [0.3, 0.4) is 0 Å². The Labute approximate surface area is 136 Å². The highest BCUT2D eigenvalue weighted by Crippen LogP contribution is 2.38. The van der Waals surface area contributed by atoms with Crippen LogP contribution in [0.2, 0.25) is 0 Å². The zero-order valence-corrected chi connectivity index (χ0v) is 13.6. The molecule has 1 saturated heterocycles. The van der Waals surface area contributed by atoms with Crippen LogP contribution in [-0.4, -0.2) is 26.2 Å². The van der Waals surface area contributed by atoms with Crippen molar-refractivity contribution in [3.05, 3.63) is 66.2 Å². The standard InChI is InChI=1S/C18H18O4S/c1-13-12-22-18(19)17(16(13)14-8-4-2-5-9-14)23(20,21)15-10-6-3-7-11-15/h2-11,13,16-17H,12H2,1H3/t13-,16-,17-/m0/s1. The van der Waals surface area contributed by atoms with E-state index in [4.69, 9.17) is 4.74 Å². The van der Waals surface area contributed by atoms with E-state index in [0.717, 1.165) is 5.56 Å². The fourth-order valence-corrected chi connectivity index (χ4v) is 5.06. The van der Waals surface area contributed by atoms with Crippen LogP contribution in [0.1, 0.15) is 18.4 Å². The van der Waals surface area contributed by atoms with Crippen molar-refractivity contribution in [2.24, 2.45) is 5.92 Å². The quantitative estimate of drug-likeness (QED) is 0.812. The molecule has 0 amide bonds. The van der Waals surface area contributed by atoms with Crippen molar-refractivity contribution in [1.82, 2.24) is 0 Å². The van der Waals surface area contributed by atoms with E-state index in [-0.39, 0.29) is 17.4 Å². The van der Waals surface area contributed by atoms with Gasteiger partial charge in [-0.3, -0.25) is 4.79 Å². The lowest BCUT2D eigenvalue weighted by Crippen LogP contribution is -2.45. The predicted octanol–water partition coefficient (Wildman–Crippen LogP) is 2.81. The molecule has 0 bridgehead atoms. The summed E-state index contributed by atoms with van der Waals surface area (Å²) in [4.78, 5) is 12.5. The molecule has 3 rings (SSSR count). The number of hydrogen-bond acceptors (Lipinski definition) is 4. The van der Waals surface area contributed by atoms with Crippen molar-refractivity contribution < 1.29 is 17.9 Å². The van der Waals surface area contributed by atoms with Gasteiger partial charge in [-0.25, -0.2) is 8.42 Å². The summed E-state index contributed by atoms with van der Waals surface area (Å²) in [5.74, 6) is -1.15. The number of esters is 1. The van der Waals surface area contributed by atoms with E-state index in [1.807, 2.05) is 37.3 Å². The number of rotatable bonds is 3. The highest BCUT2D eigenvalue weighted by Gasteiger charge is 2.47. The smallest absolute Gasteiger partial charge is 0.325 e. The first-order valence-corrected chi connectivity index (χ1v) is 9.07. The van der Waals surface area contributed by atoms with Gasteiger partial charge in [-0.05, 0) is 23.6 Å². The van der Waals surface area contributed by atoms with Gasteiger partial charge < -0.3 is 4.74 Å². The van der Waals surface area contributed by atoms with Crippen LogP contribution < -0.4 is 0 Å². The molecule has 1 fully saturated rings. The van der Waals surface area contributed by atoms with Gasteiger partial charge in [0.15, 0.2) is 15.1 Å². The van der Waals surface area contributed by atoms with E-state index in [2.05, 4.69) is 0 Å². The predicted molar refractivity (Wildman–Crippen MR) is 86.7 cm³/mol. The van der Waals surface area contributed by atoms with Crippen LogP contribution >= 0.6 is 0 Å². The highest BCUT2D eigenvalue weighted by molar-refractivity contribution is 7.92. The summed E-state index contributed by atoms with van der Waals surface area (Å²) in [6.45, 7) is 2.15. The Morgan fingerprint density at radius 2 is 1.52 bits per heavy atom. The maximum Gasteiger partial charge on any atom is 0.325 e. The van der Waals surface area contributed by atoms with Crippen molar-refractivity contribution in [3.8, 4) is 0 Å². The third-order valence-corrected chi connectivity index (χ3v) is 6.33. The first kappa shape index (κ1) is 15.7. The summed E-state index contributed by atoms with van der Waals surface area (Å²) < 4.78 is 31.2. The molecule has 0 unspecified atom stereocenters. The second-order valence-corrected chi connectivity index (χ2v) is 7.89. The Bertz CT molecular complexity index is 784. The average Bonchev–Trinajstić information content (AvgIpc) is 2.58. The molecule has 23 heavy (non-hydrogen) atoms. The van der Waals surface area contributed by atoms with Gasteiger partial charge >= 0.3 is 5.97 Å². The minimum Gasteiger partial charge on any atom is -0.464 e. The molecule has 120 valence electrons. The zero-order valence-electron chi connectivity index (χ0n) is 12.8. The fourth-order valence-electron chi connectivity index (χ4n) is 3.10. The molecule has 0 aliphatic carbocycles. The monoisotopic (exact) mass is 330 g/mol. The van der Waals surface area contributed by atoms with Crippen molar-refractivity contribution >= 4 is 15.8 Å². The first-order chi connectivity index (χ1) is 11.0. The Morgan fingerprint density at radius 3 is 2.13 bits per heavy atom. The summed E-state index contributed by atoms with van der Waals surface area (Å²) in [5.41, 5.74) is 0.848. The minimum absolute atomic E-state index is 0.0708. The van der Waals surface area contributed by atoms with E-state index in [1.54, 1.807) is 18.2 Å². The Balaban J connectivity index is 2.11. The largest absolute Gasteiger partial charge is 0.464 e. The molecule has 1 aliphatic rings. The van der Waals surface area contributed by atoms with Gasteiger partial charge in [0.25, 0.3) is 0 Å². The van der Waals surface area contributed by atoms with E-state index < -0.39 is 27.0 Å². The zero-order chi connectivity index (χ0) is 16.4. The number of sulfone groups is 1. The fraction of sp³-hybridized carbons (Fsp3) is 0.278. The van der Waals surface area contributed by atoms with Gasteiger partial charge in [0.05, 0.1) is 11.5 Å². The molecule has 1 heterocycles. The number of carbonyl (C=O) groups excluding carboxylic acids is 1. The van der Waals surface area contributed by atoms with Gasteiger partial charge in [0, 0.05) is 5.92 Å². The van der Waals surface area contributed by atoms with Crippen molar-refractivity contribution in [2.75, 3.05) is 6.61 Å².